The second-order valence-corrected chi connectivity index (χ2v) is 7.43. The lowest BCUT2D eigenvalue weighted by atomic mass is 10.3. The molecule has 1 aliphatic rings. The molecule has 4 rings (SSSR count). The summed E-state index contributed by atoms with van der Waals surface area (Å²) in [5, 5.41) is 0.812. The molecule has 3 aromatic rings. The van der Waals surface area contributed by atoms with Crippen LogP contribution in [0.1, 0.15) is 27.3 Å². The quantitative estimate of drug-likeness (QED) is 0.709. The van der Waals surface area contributed by atoms with Crippen LogP contribution < -0.4 is 4.74 Å². The Labute approximate surface area is 156 Å². The summed E-state index contributed by atoms with van der Waals surface area (Å²) in [6.45, 7) is 5.14. The van der Waals surface area contributed by atoms with Crippen molar-refractivity contribution < 1.29 is 9.53 Å². The molecular weight excluding hydrogens is 348 g/mol. The smallest absolute Gasteiger partial charge is 0.266 e. The van der Waals surface area contributed by atoms with Crippen LogP contribution in [0, 0.1) is 13.8 Å². The van der Waals surface area contributed by atoms with Gasteiger partial charge in [-0.25, -0.2) is 9.97 Å². The van der Waals surface area contributed by atoms with E-state index in [1.165, 1.54) is 11.3 Å². The number of carbonyl (C=O) groups excluding carboxylic acids is 1. The lowest BCUT2D eigenvalue weighted by Crippen LogP contribution is -2.30. The molecule has 134 valence electrons. The summed E-state index contributed by atoms with van der Waals surface area (Å²) in [5.41, 5.74) is 1.87. The molecule has 0 spiro atoms. The summed E-state index contributed by atoms with van der Waals surface area (Å²) < 4.78 is 7.84. The van der Waals surface area contributed by atoms with Crippen molar-refractivity contribution in [3.05, 3.63) is 59.0 Å². The second-order valence-electron chi connectivity index (χ2n) is 6.45. The van der Waals surface area contributed by atoms with Crippen molar-refractivity contribution in [2.45, 2.75) is 26.4 Å². The van der Waals surface area contributed by atoms with Gasteiger partial charge in [0.1, 0.15) is 11.0 Å². The zero-order valence-electron chi connectivity index (χ0n) is 14.8. The van der Waals surface area contributed by atoms with Gasteiger partial charge in [-0.15, -0.1) is 0 Å². The third-order valence-electron chi connectivity index (χ3n) is 4.41. The Balaban J connectivity index is 1.44. The van der Waals surface area contributed by atoms with Gasteiger partial charge in [-0.3, -0.25) is 4.79 Å². The van der Waals surface area contributed by atoms with Crippen LogP contribution in [0.25, 0.3) is 5.13 Å². The Bertz CT molecular complexity index is 902. The maximum absolute atomic E-state index is 12.9. The van der Waals surface area contributed by atoms with Crippen LogP contribution in [0.3, 0.4) is 0 Å². The van der Waals surface area contributed by atoms with Crippen LogP contribution >= 0.6 is 11.3 Å². The molecule has 0 saturated carbocycles. The minimum Gasteiger partial charge on any atom is -0.472 e. The van der Waals surface area contributed by atoms with Gasteiger partial charge in [-0.2, -0.15) is 0 Å². The van der Waals surface area contributed by atoms with Gasteiger partial charge >= 0.3 is 0 Å². The molecule has 0 aromatic carbocycles. The van der Waals surface area contributed by atoms with Crippen LogP contribution in [-0.2, 0) is 0 Å². The molecule has 1 unspecified atom stereocenters. The standard InChI is InChI=1S/C19H20N4O2S/c1-13-5-6-16(20-11-13)25-15-7-10-23(12-15)18(24)17-14(2)21-19(26-17)22-8-3-4-9-22/h3-6,8-9,11,15H,7,10,12H2,1-2H3. The SMILES string of the molecule is Cc1ccc(OC2CCN(C(=O)c3sc(-n4cccc4)nc3C)C2)nc1. The van der Waals surface area contributed by atoms with E-state index in [0.29, 0.717) is 23.8 Å². The fourth-order valence-corrected chi connectivity index (χ4v) is 4.00. The Morgan fingerprint density at radius 1 is 1.27 bits per heavy atom. The molecule has 1 atom stereocenters. The Morgan fingerprint density at radius 2 is 2.08 bits per heavy atom. The zero-order chi connectivity index (χ0) is 18.1. The fourth-order valence-electron chi connectivity index (χ4n) is 3.00. The summed E-state index contributed by atoms with van der Waals surface area (Å²) in [6.07, 6.45) is 6.44. The number of amides is 1. The van der Waals surface area contributed by atoms with E-state index >= 15 is 0 Å². The van der Waals surface area contributed by atoms with E-state index in [4.69, 9.17) is 4.74 Å². The minimum atomic E-state index is -0.0219. The predicted octanol–water partition coefficient (Wildman–Crippen LogP) is 3.24. The van der Waals surface area contributed by atoms with Crippen molar-refractivity contribution in [3.8, 4) is 11.0 Å². The van der Waals surface area contributed by atoms with Gasteiger partial charge in [0.05, 0.1) is 12.2 Å². The fraction of sp³-hybridized carbons (Fsp3) is 0.316. The number of ether oxygens (including phenoxy) is 1. The molecule has 1 aliphatic heterocycles. The molecule has 0 bridgehead atoms. The van der Waals surface area contributed by atoms with Crippen LogP contribution in [0.4, 0.5) is 0 Å². The van der Waals surface area contributed by atoms with Gasteiger partial charge in [0.15, 0.2) is 5.13 Å². The summed E-state index contributed by atoms with van der Waals surface area (Å²) in [4.78, 5) is 24.3. The van der Waals surface area contributed by atoms with E-state index in [1.807, 2.05) is 60.0 Å². The van der Waals surface area contributed by atoms with Crippen molar-refractivity contribution in [3.63, 3.8) is 0 Å². The summed E-state index contributed by atoms with van der Waals surface area (Å²) >= 11 is 1.43. The van der Waals surface area contributed by atoms with Crippen molar-refractivity contribution in [2.75, 3.05) is 13.1 Å². The number of hydrogen-bond donors (Lipinski definition) is 0. The van der Waals surface area contributed by atoms with E-state index in [0.717, 1.165) is 22.8 Å². The van der Waals surface area contributed by atoms with Crippen molar-refractivity contribution in [2.24, 2.45) is 0 Å². The third-order valence-corrected chi connectivity index (χ3v) is 5.57. The van der Waals surface area contributed by atoms with Crippen molar-refractivity contribution >= 4 is 17.2 Å². The summed E-state index contributed by atoms with van der Waals surface area (Å²) in [6, 6.07) is 7.74. The molecule has 1 saturated heterocycles. The predicted molar refractivity (Wildman–Crippen MR) is 100 cm³/mol. The highest BCUT2D eigenvalue weighted by atomic mass is 32.1. The van der Waals surface area contributed by atoms with E-state index in [1.54, 1.807) is 6.20 Å². The van der Waals surface area contributed by atoms with Crippen LogP contribution in [0.15, 0.2) is 42.9 Å². The van der Waals surface area contributed by atoms with E-state index in [2.05, 4.69) is 9.97 Å². The molecular formula is C19H20N4O2S. The molecule has 7 heteroatoms. The number of thiazole rings is 1. The lowest BCUT2D eigenvalue weighted by Gasteiger charge is -2.16. The highest BCUT2D eigenvalue weighted by molar-refractivity contribution is 7.16. The zero-order valence-corrected chi connectivity index (χ0v) is 15.6. The number of hydrogen-bond acceptors (Lipinski definition) is 5. The molecule has 1 fully saturated rings. The van der Waals surface area contributed by atoms with Gasteiger partial charge in [0, 0.05) is 37.6 Å². The molecule has 0 aliphatic carbocycles. The average Bonchev–Trinajstić information content (AvgIpc) is 3.37. The van der Waals surface area contributed by atoms with Gasteiger partial charge in [-0.05, 0) is 31.5 Å². The van der Waals surface area contributed by atoms with Gasteiger partial charge < -0.3 is 14.2 Å². The molecule has 6 nitrogen and oxygen atoms in total. The first-order valence-electron chi connectivity index (χ1n) is 8.59. The number of aryl methyl sites for hydroxylation is 2. The minimum absolute atomic E-state index is 0.0219. The maximum atomic E-state index is 12.9. The van der Waals surface area contributed by atoms with Crippen LogP contribution in [0.5, 0.6) is 5.88 Å². The first-order valence-corrected chi connectivity index (χ1v) is 9.41. The Morgan fingerprint density at radius 3 is 2.81 bits per heavy atom. The Kier molecular flexibility index (Phi) is 4.46. The Hall–Kier alpha value is -2.67. The number of carbonyl (C=O) groups is 1. The van der Waals surface area contributed by atoms with Crippen LogP contribution in [-0.4, -0.2) is 44.5 Å². The largest absolute Gasteiger partial charge is 0.472 e. The summed E-state index contributed by atoms with van der Waals surface area (Å²) in [5.74, 6) is 0.639. The molecule has 0 radical (unpaired) electrons. The van der Waals surface area contributed by atoms with Gasteiger partial charge in [0.2, 0.25) is 5.88 Å². The molecule has 4 heterocycles. The normalized spacial score (nSPS) is 16.8. The number of aromatic nitrogens is 3. The van der Waals surface area contributed by atoms with E-state index < -0.39 is 0 Å². The monoisotopic (exact) mass is 368 g/mol. The van der Waals surface area contributed by atoms with Crippen LogP contribution in [0.2, 0.25) is 0 Å². The topological polar surface area (TPSA) is 60.2 Å². The first-order chi connectivity index (χ1) is 12.6. The lowest BCUT2D eigenvalue weighted by molar-refractivity contribution is 0.0775. The second kappa shape index (κ2) is 6.92. The van der Waals surface area contributed by atoms with Gasteiger partial charge in [-0.1, -0.05) is 17.4 Å². The number of pyridine rings is 1. The average molecular weight is 368 g/mol. The number of likely N-dealkylation sites (tertiary alicyclic amines) is 1. The number of rotatable bonds is 4. The molecule has 0 N–H and O–H groups in total. The van der Waals surface area contributed by atoms with Gasteiger partial charge in [0.25, 0.3) is 5.91 Å². The molecule has 1 amide bonds. The molecule has 26 heavy (non-hydrogen) atoms. The highest BCUT2D eigenvalue weighted by Gasteiger charge is 2.30. The highest BCUT2D eigenvalue weighted by Crippen LogP contribution is 2.25. The maximum Gasteiger partial charge on any atom is 0.266 e. The van der Waals surface area contributed by atoms with Crippen molar-refractivity contribution in [1.82, 2.24) is 19.4 Å². The first kappa shape index (κ1) is 16.8. The van der Waals surface area contributed by atoms with Crippen molar-refractivity contribution in [1.29, 1.82) is 0 Å². The van der Waals surface area contributed by atoms with E-state index in [-0.39, 0.29) is 12.0 Å². The van der Waals surface area contributed by atoms with E-state index in [9.17, 15) is 4.79 Å². The number of nitrogens with zero attached hydrogens (tertiary/aromatic N) is 4. The third kappa shape index (κ3) is 3.35. The summed E-state index contributed by atoms with van der Waals surface area (Å²) in [7, 11) is 0. The molecule has 3 aromatic heterocycles.